The van der Waals surface area contributed by atoms with Crippen LogP contribution in [0.4, 0.5) is 5.82 Å². The molecule has 8 heteroatoms. The summed E-state index contributed by atoms with van der Waals surface area (Å²) in [4.78, 5) is 7.87. The molecule has 7 nitrogen and oxygen atoms in total. The highest BCUT2D eigenvalue weighted by atomic mass is 32.2. The van der Waals surface area contributed by atoms with Crippen LogP contribution < -0.4 is 4.72 Å². The lowest BCUT2D eigenvalue weighted by Gasteiger charge is -2.09. The van der Waals surface area contributed by atoms with E-state index in [9.17, 15) is 8.42 Å². The molecule has 0 aliphatic carbocycles. The van der Waals surface area contributed by atoms with Gasteiger partial charge in [-0.15, -0.1) is 0 Å². The molecule has 0 radical (unpaired) electrons. The van der Waals surface area contributed by atoms with Gasteiger partial charge < -0.3 is 4.98 Å². The average Bonchev–Trinajstić information content (AvgIpc) is 3.27. The highest BCUT2D eigenvalue weighted by Crippen LogP contribution is 2.23. The van der Waals surface area contributed by atoms with Gasteiger partial charge in [0.25, 0.3) is 10.0 Å². The van der Waals surface area contributed by atoms with Crippen molar-refractivity contribution >= 4 is 26.9 Å². The molecule has 0 aliphatic heterocycles. The Morgan fingerprint density at radius 2 is 1.92 bits per heavy atom. The van der Waals surface area contributed by atoms with E-state index in [2.05, 4.69) is 19.8 Å². The number of benzene rings is 2. The summed E-state index contributed by atoms with van der Waals surface area (Å²) in [6.07, 6.45) is 1.56. The number of rotatable bonds is 5. The molecule has 26 heavy (non-hydrogen) atoms. The third-order valence-corrected chi connectivity index (χ3v) is 5.42. The normalized spacial score (nSPS) is 11.7. The lowest BCUT2D eigenvalue weighted by Crippen LogP contribution is -2.16. The number of hydrogen-bond donors (Lipinski definition) is 2. The van der Waals surface area contributed by atoms with E-state index in [4.69, 9.17) is 0 Å². The van der Waals surface area contributed by atoms with Gasteiger partial charge in [0, 0.05) is 18.2 Å². The van der Waals surface area contributed by atoms with E-state index >= 15 is 0 Å². The summed E-state index contributed by atoms with van der Waals surface area (Å²) in [6, 6.07) is 16.2. The summed E-state index contributed by atoms with van der Waals surface area (Å²) in [6.45, 7) is 2.47. The highest BCUT2D eigenvalue weighted by molar-refractivity contribution is 7.92. The first kappa shape index (κ1) is 16.3. The molecule has 0 unspecified atom stereocenters. The van der Waals surface area contributed by atoms with Crippen molar-refractivity contribution in [3.8, 4) is 11.4 Å². The van der Waals surface area contributed by atoms with Crippen LogP contribution in [0.5, 0.6) is 0 Å². The van der Waals surface area contributed by atoms with Crippen LogP contribution >= 0.6 is 0 Å². The smallest absolute Gasteiger partial charge is 0.263 e. The average molecular weight is 367 g/mol. The monoisotopic (exact) mass is 367 g/mol. The molecule has 2 N–H and O–H groups in total. The quantitative estimate of drug-likeness (QED) is 0.566. The lowest BCUT2D eigenvalue weighted by molar-refractivity contribution is 0.599. The van der Waals surface area contributed by atoms with Crippen molar-refractivity contribution in [1.29, 1.82) is 0 Å². The summed E-state index contributed by atoms with van der Waals surface area (Å²) in [5.41, 5.74) is 2.32. The maximum Gasteiger partial charge on any atom is 0.263 e. The van der Waals surface area contributed by atoms with Crippen molar-refractivity contribution in [3.05, 3.63) is 60.8 Å². The first-order valence-electron chi connectivity index (χ1n) is 8.16. The maximum atomic E-state index is 12.7. The zero-order valence-electron chi connectivity index (χ0n) is 14.0. The molecule has 0 aliphatic rings. The van der Waals surface area contributed by atoms with E-state index < -0.39 is 10.0 Å². The lowest BCUT2D eigenvalue weighted by atomic mass is 10.2. The van der Waals surface area contributed by atoms with Gasteiger partial charge in [-0.25, -0.2) is 18.1 Å². The van der Waals surface area contributed by atoms with Gasteiger partial charge in [-0.1, -0.05) is 30.3 Å². The van der Waals surface area contributed by atoms with Gasteiger partial charge >= 0.3 is 0 Å². The molecule has 2 aromatic heterocycles. The van der Waals surface area contributed by atoms with Crippen molar-refractivity contribution in [2.24, 2.45) is 0 Å². The fraction of sp³-hybridized carbons (Fsp3) is 0.111. The number of nitrogens with one attached hydrogen (secondary N) is 2. The summed E-state index contributed by atoms with van der Waals surface area (Å²) in [7, 11) is -3.72. The number of aryl methyl sites for hydroxylation is 1. The Bertz CT molecular complexity index is 1160. The predicted molar refractivity (Wildman–Crippen MR) is 100 cm³/mol. The minimum atomic E-state index is -3.72. The number of fused-ring (bicyclic) bond motifs is 1. The number of aromatic nitrogens is 4. The molecule has 0 saturated heterocycles. The van der Waals surface area contributed by atoms with Crippen molar-refractivity contribution in [1.82, 2.24) is 19.7 Å². The molecular formula is C18H17N5O2S. The van der Waals surface area contributed by atoms with Gasteiger partial charge in [-0.3, -0.25) is 4.72 Å². The first-order valence-corrected chi connectivity index (χ1v) is 9.65. The summed E-state index contributed by atoms with van der Waals surface area (Å²) in [5, 5.41) is 4.07. The topological polar surface area (TPSA) is 92.7 Å². The third-order valence-electron chi connectivity index (χ3n) is 4.07. The van der Waals surface area contributed by atoms with Crippen LogP contribution in [0, 0.1) is 0 Å². The second-order valence-corrected chi connectivity index (χ2v) is 7.45. The summed E-state index contributed by atoms with van der Waals surface area (Å²) in [5.74, 6) is 1.13. The Kier molecular flexibility index (Phi) is 3.96. The number of aromatic amines is 1. The van der Waals surface area contributed by atoms with Crippen LogP contribution in [0.25, 0.3) is 22.4 Å². The van der Waals surface area contributed by atoms with Crippen LogP contribution in [0.15, 0.2) is 65.7 Å². The van der Waals surface area contributed by atoms with Crippen LogP contribution in [-0.4, -0.2) is 28.2 Å². The van der Waals surface area contributed by atoms with E-state index in [-0.39, 0.29) is 4.90 Å². The van der Waals surface area contributed by atoms with Crippen LogP contribution in [0.3, 0.4) is 0 Å². The molecule has 0 bridgehead atoms. The third kappa shape index (κ3) is 2.95. The minimum absolute atomic E-state index is 0.164. The maximum absolute atomic E-state index is 12.7. The van der Waals surface area contributed by atoms with Crippen molar-refractivity contribution in [2.45, 2.75) is 18.4 Å². The van der Waals surface area contributed by atoms with E-state index in [1.807, 2.05) is 37.3 Å². The SMILES string of the molecule is CCn1nccc1NS(=O)(=O)c1ccc2nc(-c3ccccc3)[nH]c2c1. The largest absolute Gasteiger partial charge is 0.338 e. The van der Waals surface area contributed by atoms with Gasteiger partial charge in [0.05, 0.1) is 22.1 Å². The number of nitrogens with zero attached hydrogens (tertiary/aromatic N) is 3. The summed E-state index contributed by atoms with van der Waals surface area (Å²) < 4.78 is 29.6. The van der Waals surface area contributed by atoms with Gasteiger partial charge in [-0.2, -0.15) is 5.10 Å². The minimum Gasteiger partial charge on any atom is -0.338 e. The Hall–Kier alpha value is -3.13. The predicted octanol–water partition coefficient (Wildman–Crippen LogP) is 3.25. The molecule has 0 atom stereocenters. The number of hydrogen-bond acceptors (Lipinski definition) is 4. The number of H-pyrrole nitrogens is 1. The Morgan fingerprint density at radius 1 is 1.12 bits per heavy atom. The van der Waals surface area contributed by atoms with E-state index in [1.54, 1.807) is 35.1 Å². The molecule has 4 rings (SSSR count). The highest BCUT2D eigenvalue weighted by Gasteiger charge is 2.18. The molecule has 132 valence electrons. The van der Waals surface area contributed by atoms with Crippen molar-refractivity contribution in [2.75, 3.05) is 4.72 Å². The van der Waals surface area contributed by atoms with Crippen molar-refractivity contribution in [3.63, 3.8) is 0 Å². The van der Waals surface area contributed by atoms with Gasteiger partial charge in [0.2, 0.25) is 0 Å². The Balaban J connectivity index is 1.70. The molecule has 0 fully saturated rings. The molecule has 0 saturated carbocycles. The van der Waals surface area contributed by atoms with Gasteiger partial charge in [-0.05, 0) is 25.1 Å². The second-order valence-electron chi connectivity index (χ2n) is 5.77. The standard InChI is InChI=1S/C18H17N5O2S/c1-2-23-17(10-11-19-23)22-26(24,25)14-8-9-15-16(12-14)21-18(20-15)13-6-4-3-5-7-13/h3-12,22H,2H2,1H3,(H,20,21). The molecule has 0 spiro atoms. The van der Waals surface area contributed by atoms with Crippen molar-refractivity contribution < 1.29 is 8.42 Å². The Morgan fingerprint density at radius 3 is 2.69 bits per heavy atom. The first-order chi connectivity index (χ1) is 12.6. The van der Waals surface area contributed by atoms with Gasteiger partial charge in [0.15, 0.2) is 0 Å². The molecule has 2 heterocycles. The zero-order chi connectivity index (χ0) is 18.1. The number of sulfonamides is 1. The van der Waals surface area contributed by atoms with Crippen LogP contribution in [0.2, 0.25) is 0 Å². The molecule has 4 aromatic rings. The summed E-state index contributed by atoms with van der Waals surface area (Å²) >= 11 is 0. The molecule has 2 aromatic carbocycles. The van der Waals surface area contributed by atoms with E-state index in [1.165, 1.54) is 0 Å². The molecular weight excluding hydrogens is 350 g/mol. The molecule has 0 amide bonds. The van der Waals surface area contributed by atoms with E-state index in [0.29, 0.717) is 29.2 Å². The zero-order valence-corrected chi connectivity index (χ0v) is 14.9. The van der Waals surface area contributed by atoms with Crippen LogP contribution in [-0.2, 0) is 16.6 Å². The van der Waals surface area contributed by atoms with Gasteiger partial charge in [0.1, 0.15) is 11.6 Å². The number of imidazole rings is 1. The fourth-order valence-corrected chi connectivity index (χ4v) is 3.84. The van der Waals surface area contributed by atoms with Crippen LogP contribution in [0.1, 0.15) is 6.92 Å². The number of anilines is 1. The second kappa shape index (κ2) is 6.30. The van der Waals surface area contributed by atoms with E-state index in [0.717, 1.165) is 5.56 Å². The Labute approximate surface area is 150 Å². The fourth-order valence-electron chi connectivity index (χ4n) is 2.76.